The van der Waals surface area contributed by atoms with Gasteiger partial charge in [0.2, 0.25) is 0 Å². The van der Waals surface area contributed by atoms with Crippen molar-refractivity contribution in [2.75, 3.05) is 0 Å². The monoisotopic (exact) mass is 320 g/mol. The summed E-state index contributed by atoms with van der Waals surface area (Å²) in [5.41, 5.74) is 1.12. The molecule has 0 spiro atoms. The Morgan fingerprint density at radius 2 is 2.10 bits per heavy atom. The van der Waals surface area contributed by atoms with Crippen molar-refractivity contribution in [3.8, 4) is 10.4 Å². The number of aromatic nitrogens is 1. The lowest BCUT2D eigenvalue weighted by atomic mass is 10.2. The fraction of sp³-hybridized carbons (Fsp3) is 0.133. The van der Waals surface area contributed by atoms with E-state index in [2.05, 4.69) is 33.9 Å². The van der Waals surface area contributed by atoms with Crippen molar-refractivity contribution in [3.05, 3.63) is 62.9 Å². The van der Waals surface area contributed by atoms with Gasteiger partial charge < -0.3 is 5.32 Å². The van der Waals surface area contributed by atoms with Crippen molar-refractivity contribution in [1.29, 1.82) is 0 Å². The fourth-order valence-electron chi connectivity index (χ4n) is 1.87. The molecule has 2 aromatic heterocycles. The van der Waals surface area contributed by atoms with Gasteiger partial charge in [0.1, 0.15) is 5.01 Å². The summed E-state index contributed by atoms with van der Waals surface area (Å²) in [4.78, 5) is 6.95. The Bertz CT molecular complexity index is 677. The predicted octanol–water partition coefficient (Wildman–Crippen LogP) is 4.81. The molecule has 3 rings (SSSR count). The highest BCUT2D eigenvalue weighted by Gasteiger charge is 2.05. The fourth-order valence-corrected chi connectivity index (χ4v) is 3.62. The number of nitrogens with one attached hydrogen (secondary N) is 1. The molecule has 0 bridgehead atoms. The molecular formula is C15H13ClN2S2. The highest BCUT2D eigenvalue weighted by atomic mass is 35.5. The Morgan fingerprint density at radius 3 is 2.90 bits per heavy atom. The lowest BCUT2D eigenvalue weighted by Crippen LogP contribution is -2.11. The summed E-state index contributed by atoms with van der Waals surface area (Å²) in [5, 5.41) is 7.36. The van der Waals surface area contributed by atoms with Crippen molar-refractivity contribution < 1.29 is 0 Å². The van der Waals surface area contributed by atoms with Gasteiger partial charge in [-0.25, -0.2) is 4.98 Å². The van der Waals surface area contributed by atoms with Gasteiger partial charge in [-0.1, -0.05) is 29.8 Å². The summed E-state index contributed by atoms with van der Waals surface area (Å²) in [5.74, 6) is 0. The molecule has 0 saturated heterocycles. The number of benzene rings is 1. The van der Waals surface area contributed by atoms with E-state index in [1.807, 2.05) is 24.4 Å². The van der Waals surface area contributed by atoms with Crippen molar-refractivity contribution in [2.45, 2.75) is 13.1 Å². The molecule has 102 valence electrons. The van der Waals surface area contributed by atoms with E-state index in [4.69, 9.17) is 11.6 Å². The van der Waals surface area contributed by atoms with Gasteiger partial charge in [0, 0.05) is 29.2 Å². The number of thiophene rings is 1. The minimum Gasteiger partial charge on any atom is -0.306 e. The molecule has 1 N–H and O–H groups in total. The standard InChI is InChI=1S/C15H13ClN2S2/c16-12-4-1-3-11(7-12)14-9-18-15(20-14)10-17-8-13-5-2-6-19-13/h1-7,9,17H,8,10H2. The quantitative estimate of drug-likeness (QED) is 0.729. The number of rotatable bonds is 5. The zero-order valence-electron chi connectivity index (χ0n) is 10.7. The second-order valence-corrected chi connectivity index (χ2v) is 6.90. The maximum absolute atomic E-state index is 6.02. The van der Waals surface area contributed by atoms with E-state index in [1.54, 1.807) is 22.7 Å². The summed E-state index contributed by atoms with van der Waals surface area (Å²) in [6, 6.07) is 12.1. The molecular weight excluding hydrogens is 308 g/mol. The third-order valence-corrected chi connectivity index (χ3v) is 4.98. The zero-order valence-corrected chi connectivity index (χ0v) is 13.1. The van der Waals surface area contributed by atoms with Crippen LogP contribution in [0.15, 0.2) is 48.0 Å². The maximum atomic E-state index is 6.02. The van der Waals surface area contributed by atoms with Crippen LogP contribution in [-0.4, -0.2) is 4.98 Å². The maximum Gasteiger partial charge on any atom is 0.107 e. The van der Waals surface area contributed by atoms with E-state index in [0.717, 1.165) is 33.6 Å². The predicted molar refractivity (Wildman–Crippen MR) is 87.4 cm³/mol. The molecule has 0 unspecified atom stereocenters. The van der Waals surface area contributed by atoms with Gasteiger partial charge in [-0.3, -0.25) is 0 Å². The second-order valence-electron chi connectivity index (χ2n) is 4.31. The van der Waals surface area contributed by atoms with E-state index >= 15 is 0 Å². The first-order valence-corrected chi connectivity index (χ1v) is 8.32. The molecule has 0 aliphatic heterocycles. The first-order chi connectivity index (χ1) is 9.81. The molecule has 0 atom stereocenters. The Kier molecular flexibility index (Phi) is 4.47. The minimum atomic E-state index is 0.758. The lowest BCUT2D eigenvalue weighted by Gasteiger charge is -1.99. The zero-order chi connectivity index (χ0) is 13.8. The van der Waals surface area contributed by atoms with Gasteiger partial charge in [0.05, 0.1) is 4.88 Å². The smallest absolute Gasteiger partial charge is 0.107 e. The first kappa shape index (κ1) is 13.8. The lowest BCUT2D eigenvalue weighted by molar-refractivity contribution is 0.697. The third-order valence-electron chi connectivity index (χ3n) is 2.82. The second kappa shape index (κ2) is 6.50. The van der Waals surface area contributed by atoms with Gasteiger partial charge in [-0.2, -0.15) is 0 Å². The molecule has 0 saturated carbocycles. The normalized spacial score (nSPS) is 10.8. The number of nitrogens with zero attached hydrogens (tertiary/aromatic N) is 1. The first-order valence-electron chi connectivity index (χ1n) is 6.25. The van der Waals surface area contributed by atoms with Crippen LogP contribution in [0.3, 0.4) is 0 Å². The van der Waals surface area contributed by atoms with Gasteiger partial charge >= 0.3 is 0 Å². The van der Waals surface area contributed by atoms with Crippen LogP contribution < -0.4 is 5.32 Å². The molecule has 3 aromatic rings. The van der Waals surface area contributed by atoms with E-state index in [0.29, 0.717) is 0 Å². The number of hydrogen-bond donors (Lipinski definition) is 1. The number of halogens is 1. The van der Waals surface area contributed by atoms with Crippen LogP contribution in [0.1, 0.15) is 9.88 Å². The highest BCUT2D eigenvalue weighted by Crippen LogP contribution is 2.28. The van der Waals surface area contributed by atoms with Crippen LogP contribution in [0.2, 0.25) is 5.02 Å². The van der Waals surface area contributed by atoms with Crippen molar-refractivity contribution in [2.24, 2.45) is 0 Å². The third kappa shape index (κ3) is 3.46. The van der Waals surface area contributed by atoms with Crippen LogP contribution in [0.5, 0.6) is 0 Å². The van der Waals surface area contributed by atoms with Gasteiger partial charge in [0.25, 0.3) is 0 Å². The summed E-state index contributed by atoms with van der Waals surface area (Å²) in [6.07, 6.45) is 1.92. The Balaban J connectivity index is 1.62. The largest absolute Gasteiger partial charge is 0.306 e. The van der Waals surface area contributed by atoms with E-state index in [1.165, 1.54) is 4.88 Å². The van der Waals surface area contributed by atoms with Crippen molar-refractivity contribution in [1.82, 2.24) is 10.3 Å². The van der Waals surface area contributed by atoms with Gasteiger partial charge in [-0.05, 0) is 29.1 Å². The van der Waals surface area contributed by atoms with Crippen LogP contribution in [0.4, 0.5) is 0 Å². The minimum absolute atomic E-state index is 0.758. The molecule has 2 heterocycles. The molecule has 0 aliphatic carbocycles. The molecule has 0 amide bonds. The number of hydrogen-bond acceptors (Lipinski definition) is 4. The summed E-state index contributed by atoms with van der Waals surface area (Å²) in [7, 11) is 0. The molecule has 0 radical (unpaired) electrons. The Labute approximate surface area is 131 Å². The molecule has 0 fully saturated rings. The van der Waals surface area contributed by atoms with E-state index < -0.39 is 0 Å². The SMILES string of the molecule is Clc1cccc(-c2cnc(CNCc3cccs3)s2)c1. The van der Waals surface area contributed by atoms with Crippen molar-refractivity contribution in [3.63, 3.8) is 0 Å². The van der Waals surface area contributed by atoms with E-state index in [9.17, 15) is 0 Å². The molecule has 1 aromatic carbocycles. The summed E-state index contributed by atoms with van der Waals surface area (Å²) in [6.45, 7) is 1.69. The van der Waals surface area contributed by atoms with Crippen LogP contribution in [-0.2, 0) is 13.1 Å². The molecule has 0 aliphatic rings. The van der Waals surface area contributed by atoms with Crippen LogP contribution >= 0.6 is 34.3 Å². The topological polar surface area (TPSA) is 24.9 Å². The molecule has 5 heteroatoms. The van der Waals surface area contributed by atoms with Crippen molar-refractivity contribution >= 4 is 34.3 Å². The Hall–Kier alpha value is -1.20. The highest BCUT2D eigenvalue weighted by molar-refractivity contribution is 7.15. The molecule has 2 nitrogen and oxygen atoms in total. The number of thiazole rings is 1. The summed E-state index contributed by atoms with van der Waals surface area (Å²) >= 11 is 9.49. The average Bonchev–Trinajstić information content (AvgIpc) is 3.10. The van der Waals surface area contributed by atoms with Gasteiger partial charge in [0.15, 0.2) is 0 Å². The van der Waals surface area contributed by atoms with E-state index in [-0.39, 0.29) is 0 Å². The molecule has 20 heavy (non-hydrogen) atoms. The summed E-state index contributed by atoms with van der Waals surface area (Å²) < 4.78 is 0. The van der Waals surface area contributed by atoms with Gasteiger partial charge in [-0.15, -0.1) is 22.7 Å². The van der Waals surface area contributed by atoms with Crippen LogP contribution in [0, 0.1) is 0 Å². The van der Waals surface area contributed by atoms with Crippen LogP contribution in [0.25, 0.3) is 10.4 Å². The Morgan fingerprint density at radius 1 is 1.15 bits per heavy atom. The average molecular weight is 321 g/mol.